The van der Waals surface area contributed by atoms with Gasteiger partial charge >= 0.3 is 0 Å². The van der Waals surface area contributed by atoms with E-state index in [1.165, 1.54) is 11.5 Å². The Morgan fingerprint density at radius 1 is 1.62 bits per heavy atom. The molecule has 0 radical (unpaired) electrons. The molecule has 0 bridgehead atoms. The van der Waals surface area contributed by atoms with Crippen molar-refractivity contribution in [1.29, 1.82) is 5.26 Å². The van der Waals surface area contributed by atoms with Gasteiger partial charge in [0.2, 0.25) is 4.80 Å². The van der Waals surface area contributed by atoms with Gasteiger partial charge in [0.05, 0.1) is 6.07 Å². The number of aromatic nitrogens is 3. The van der Waals surface area contributed by atoms with E-state index in [-0.39, 0.29) is 0 Å². The molecule has 13 heavy (non-hydrogen) atoms. The van der Waals surface area contributed by atoms with E-state index in [0.717, 1.165) is 24.2 Å². The largest absolute Gasteiger partial charge is 0.256 e. The molecule has 1 aromatic heterocycles. The molecule has 1 aromatic rings. The highest BCUT2D eigenvalue weighted by Gasteiger charge is 1.90. The standard InChI is InChI=1S/C7H11N5S/c1-12-7(13-11-10-12)9-6-4-2-3-5-8/h2-4,6H2,1H3. The maximum absolute atomic E-state index is 8.29. The lowest BCUT2D eigenvalue weighted by Crippen LogP contribution is -2.12. The van der Waals surface area contributed by atoms with Crippen molar-refractivity contribution in [3.8, 4) is 6.07 Å². The number of unbranched alkanes of at least 4 members (excludes halogenated alkanes) is 2. The van der Waals surface area contributed by atoms with E-state index in [1.54, 1.807) is 4.68 Å². The van der Waals surface area contributed by atoms with Crippen LogP contribution in [0.25, 0.3) is 0 Å². The molecule has 1 heterocycles. The van der Waals surface area contributed by atoms with Gasteiger partial charge in [-0.05, 0) is 12.8 Å². The molecule has 0 aromatic carbocycles. The third-order valence-corrected chi connectivity index (χ3v) is 2.23. The zero-order chi connectivity index (χ0) is 9.52. The number of nitriles is 1. The second kappa shape index (κ2) is 5.43. The Morgan fingerprint density at radius 2 is 2.46 bits per heavy atom. The highest BCUT2D eigenvalue weighted by atomic mass is 32.1. The predicted octanol–water partition coefficient (Wildman–Crippen LogP) is 0.471. The summed E-state index contributed by atoms with van der Waals surface area (Å²) in [6.45, 7) is 0.749. The average Bonchev–Trinajstić information content (AvgIpc) is 2.52. The van der Waals surface area contributed by atoms with Gasteiger partial charge in [-0.1, -0.05) is 9.70 Å². The summed E-state index contributed by atoms with van der Waals surface area (Å²) in [6.07, 6.45) is 2.48. The van der Waals surface area contributed by atoms with Crippen LogP contribution in [-0.4, -0.2) is 20.9 Å². The lowest BCUT2D eigenvalue weighted by molar-refractivity contribution is 0.667. The van der Waals surface area contributed by atoms with Crippen LogP contribution in [0.3, 0.4) is 0 Å². The molecule has 1 rings (SSSR count). The van der Waals surface area contributed by atoms with Crippen molar-refractivity contribution in [3.05, 3.63) is 4.80 Å². The molecular weight excluding hydrogens is 186 g/mol. The first kappa shape index (κ1) is 9.86. The smallest absolute Gasteiger partial charge is 0.222 e. The molecule has 0 atom stereocenters. The predicted molar refractivity (Wildman–Crippen MR) is 48.8 cm³/mol. The monoisotopic (exact) mass is 197 g/mol. The Labute approximate surface area is 80.5 Å². The van der Waals surface area contributed by atoms with Crippen molar-refractivity contribution in [2.24, 2.45) is 12.0 Å². The maximum Gasteiger partial charge on any atom is 0.222 e. The Bertz CT molecular complexity index is 344. The lowest BCUT2D eigenvalue weighted by atomic mass is 10.2. The molecule has 0 saturated carbocycles. The number of nitrogens with zero attached hydrogens (tertiary/aromatic N) is 5. The summed E-state index contributed by atoms with van der Waals surface area (Å²) in [6, 6.07) is 2.10. The van der Waals surface area contributed by atoms with E-state index in [2.05, 4.69) is 20.8 Å². The molecule has 0 fully saturated rings. The SMILES string of the molecule is Cn1nnsc1=NCCCCC#N. The quantitative estimate of drug-likeness (QED) is 0.659. The van der Waals surface area contributed by atoms with E-state index in [0.29, 0.717) is 6.42 Å². The zero-order valence-electron chi connectivity index (χ0n) is 7.47. The highest BCUT2D eigenvalue weighted by molar-refractivity contribution is 7.02. The van der Waals surface area contributed by atoms with Crippen LogP contribution in [0.1, 0.15) is 19.3 Å². The number of hydrogen-bond acceptors (Lipinski definition) is 5. The molecule has 0 N–H and O–H groups in total. The van der Waals surface area contributed by atoms with Crippen LogP contribution in [0.5, 0.6) is 0 Å². The van der Waals surface area contributed by atoms with E-state index in [9.17, 15) is 0 Å². The summed E-state index contributed by atoms with van der Waals surface area (Å²) in [4.78, 5) is 5.12. The van der Waals surface area contributed by atoms with Crippen LogP contribution in [0.15, 0.2) is 4.99 Å². The molecule has 70 valence electrons. The van der Waals surface area contributed by atoms with Crippen LogP contribution < -0.4 is 4.80 Å². The zero-order valence-corrected chi connectivity index (χ0v) is 8.29. The fourth-order valence-electron chi connectivity index (χ4n) is 0.829. The Hall–Kier alpha value is -1.22. The third kappa shape index (κ3) is 3.34. The topological polar surface area (TPSA) is 66.9 Å². The molecule has 6 heteroatoms. The lowest BCUT2D eigenvalue weighted by Gasteiger charge is -1.89. The van der Waals surface area contributed by atoms with Gasteiger partial charge in [0.15, 0.2) is 0 Å². The Morgan fingerprint density at radius 3 is 3.08 bits per heavy atom. The van der Waals surface area contributed by atoms with Crippen molar-refractivity contribution in [1.82, 2.24) is 14.4 Å². The van der Waals surface area contributed by atoms with Crippen LogP contribution >= 0.6 is 11.5 Å². The van der Waals surface area contributed by atoms with Crippen molar-refractivity contribution >= 4 is 11.5 Å². The minimum absolute atomic E-state index is 0.614. The second-order valence-electron chi connectivity index (χ2n) is 2.57. The fourth-order valence-corrected chi connectivity index (χ4v) is 1.35. The van der Waals surface area contributed by atoms with E-state index < -0.39 is 0 Å². The average molecular weight is 197 g/mol. The van der Waals surface area contributed by atoms with Crippen molar-refractivity contribution in [3.63, 3.8) is 0 Å². The van der Waals surface area contributed by atoms with Crippen LogP contribution in [0.2, 0.25) is 0 Å². The van der Waals surface area contributed by atoms with Gasteiger partial charge in [0.25, 0.3) is 0 Å². The number of aryl methyl sites for hydroxylation is 1. The summed E-state index contributed by atoms with van der Waals surface area (Å²) in [5, 5.41) is 12.1. The summed E-state index contributed by atoms with van der Waals surface area (Å²) in [7, 11) is 1.82. The summed E-state index contributed by atoms with van der Waals surface area (Å²) in [5.41, 5.74) is 0. The molecule has 0 aliphatic heterocycles. The maximum atomic E-state index is 8.29. The van der Waals surface area contributed by atoms with E-state index in [1.807, 2.05) is 7.05 Å². The van der Waals surface area contributed by atoms with Crippen molar-refractivity contribution in [2.45, 2.75) is 19.3 Å². The van der Waals surface area contributed by atoms with Crippen molar-refractivity contribution in [2.75, 3.05) is 6.54 Å². The van der Waals surface area contributed by atoms with Gasteiger partial charge in [-0.2, -0.15) is 5.26 Å². The van der Waals surface area contributed by atoms with E-state index >= 15 is 0 Å². The molecule has 0 aliphatic carbocycles. The summed E-state index contributed by atoms with van der Waals surface area (Å²) < 4.78 is 5.39. The Kier molecular flexibility index (Phi) is 4.12. The van der Waals surface area contributed by atoms with Gasteiger partial charge in [-0.3, -0.25) is 4.99 Å². The third-order valence-electron chi connectivity index (χ3n) is 1.51. The highest BCUT2D eigenvalue weighted by Crippen LogP contribution is 1.92. The molecule has 0 aliphatic rings. The van der Waals surface area contributed by atoms with Gasteiger partial charge < -0.3 is 0 Å². The molecular formula is C7H11N5S. The Balaban J connectivity index is 2.34. The van der Waals surface area contributed by atoms with Gasteiger partial charge in [-0.15, -0.1) is 0 Å². The molecule has 0 spiro atoms. The van der Waals surface area contributed by atoms with Crippen molar-refractivity contribution < 1.29 is 0 Å². The molecule has 0 saturated heterocycles. The van der Waals surface area contributed by atoms with Gasteiger partial charge in [0.1, 0.15) is 0 Å². The van der Waals surface area contributed by atoms with Crippen LogP contribution in [0.4, 0.5) is 0 Å². The first-order valence-corrected chi connectivity index (χ1v) is 4.85. The van der Waals surface area contributed by atoms with Crippen LogP contribution in [-0.2, 0) is 7.05 Å². The van der Waals surface area contributed by atoms with Gasteiger partial charge in [0, 0.05) is 31.5 Å². The number of rotatable bonds is 4. The van der Waals surface area contributed by atoms with Gasteiger partial charge in [-0.25, -0.2) is 4.68 Å². The minimum atomic E-state index is 0.614. The minimum Gasteiger partial charge on any atom is -0.256 e. The van der Waals surface area contributed by atoms with E-state index in [4.69, 9.17) is 5.26 Å². The molecule has 0 unspecified atom stereocenters. The second-order valence-corrected chi connectivity index (χ2v) is 3.28. The normalized spacial score (nSPS) is 11.5. The fraction of sp³-hybridized carbons (Fsp3) is 0.714. The summed E-state index contributed by atoms with van der Waals surface area (Å²) in [5.74, 6) is 0. The first-order chi connectivity index (χ1) is 6.34. The molecule has 5 nitrogen and oxygen atoms in total. The summed E-state index contributed by atoms with van der Waals surface area (Å²) >= 11 is 1.28. The first-order valence-electron chi connectivity index (χ1n) is 4.07. The van der Waals surface area contributed by atoms with Crippen LogP contribution in [0, 0.1) is 11.3 Å². The molecule has 0 amide bonds. The number of hydrogen-bond donors (Lipinski definition) is 0.